The van der Waals surface area contributed by atoms with E-state index in [0.717, 1.165) is 54.7 Å². The van der Waals surface area contributed by atoms with Gasteiger partial charge in [0.2, 0.25) is 0 Å². The quantitative estimate of drug-likeness (QED) is 0.493. The van der Waals surface area contributed by atoms with Gasteiger partial charge in [-0.2, -0.15) is 0 Å². The molecule has 1 N–H and O–H groups in total. The molecule has 1 aliphatic heterocycles. The second-order valence-corrected chi connectivity index (χ2v) is 10.5. The third-order valence-electron chi connectivity index (χ3n) is 7.11. The minimum atomic E-state index is 0.0686. The first-order chi connectivity index (χ1) is 15.9. The number of rotatable bonds is 4. The molecule has 1 heterocycles. The van der Waals surface area contributed by atoms with E-state index >= 15 is 0 Å². The van der Waals surface area contributed by atoms with E-state index in [0.29, 0.717) is 6.54 Å². The Bertz CT molecular complexity index is 1170. The molecule has 1 amide bonds. The molecule has 5 rings (SSSR count). The van der Waals surface area contributed by atoms with Crippen LogP contribution < -0.4 is 10.2 Å². The van der Waals surface area contributed by atoms with Crippen molar-refractivity contribution in [3.8, 4) is 0 Å². The van der Waals surface area contributed by atoms with Crippen molar-refractivity contribution in [3.05, 3.63) is 94.0 Å². The number of anilines is 2. The number of hydrogen-bond acceptors (Lipinski definition) is 2. The number of carbonyl (C=O) groups excluding carboxylic acids is 1. The highest BCUT2D eigenvalue weighted by molar-refractivity contribution is 6.10. The van der Waals surface area contributed by atoms with Crippen molar-refractivity contribution in [1.29, 1.82) is 0 Å². The van der Waals surface area contributed by atoms with Crippen LogP contribution in [0.25, 0.3) is 0 Å². The summed E-state index contributed by atoms with van der Waals surface area (Å²) in [4.78, 5) is 16.0. The van der Waals surface area contributed by atoms with Crippen molar-refractivity contribution >= 4 is 17.3 Å². The van der Waals surface area contributed by atoms with Gasteiger partial charge in [-0.05, 0) is 83.5 Å². The molecular formula is C30H34N2O. The number of nitrogens with zero attached hydrogens (tertiary/aromatic N) is 1. The Labute approximate surface area is 197 Å². The SMILES string of the molecule is CC(C)(C)c1ccc(CN(C(=O)c2cccc3c2NCCC3)c2ccc3c(c2)CCC3)cc1. The van der Waals surface area contributed by atoms with Gasteiger partial charge in [0.05, 0.1) is 17.8 Å². The third-order valence-corrected chi connectivity index (χ3v) is 7.11. The zero-order valence-electron chi connectivity index (χ0n) is 20.1. The van der Waals surface area contributed by atoms with Crippen LogP contribution in [0.4, 0.5) is 11.4 Å². The predicted molar refractivity (Wildman–Crippen MR) is 137 cm³/mol. The topological polar surface area (TPSA) is 32.3 Å². The van der Waals surface area contributed by atoms with E-state index in [1.165, 1.54) is 28.7 Å². The van der Waals surface area contributed by atoms with Crippen LogP contribution in [0, 0.1) is 0 Å². The number of carbonyl (C=O) groups is 1. The van der Waals surface area contributed by atoms with Crippen LogP contribution in [0.1, 0.15) is 71.8 Å². The summed E-state index contributed by atoms with van der Waals surface area (Å²) in [6.45, 7) is 8.17. The summed E-state index contributed by atoms with van der Waals surface area (Å²) in [5.74, 6) is 0.0686. The molecule has 0 spiro atoms. The number of aryl methyl sites for hydroxylation is 3. The fraction of sp³-hybridized carbons (Fsp3) is 0.367. The summed E-state index contributed by atoms with van der Waals surface area (Å²) in [5, 5.41) is 3.50. The van der Waals surface area contributed by atoms with E-state index in [-0.39, 0.29) is 11.3 Å². The fourth-order valence-corrected chi connectivity index (χ4v) is 5.13. The molecule has 0 atom stereocenters. The van der Waals surface area contributed by atoms with Crippen molar-refractivity contribution < 1.29 is 4.79 Å². The van der Waals surface area contributed by atoms with Gasteiger partial charge in [-0.25, -0.2) is 0 Å². The molecular weight excluding hydrogens is 404 g/mol. The number of para-hydroxylation sites is 1. The van der Waals surface area contributed by atoms with Crippen molar-refractivity contribution in [2.24, 2.45) is 0 Å². The van der Waals surface area contributed by atoms with Gasteiger partial charge < -0.3 is 10.2 Å². The average molecular weight is 439 g/mol. The van der Waals surface area contributed by atoms with Crippen LogP contribution in [-0.2, 0) is 31.2 Å². The summed E-state index contributed by atoms with van der Waals surface area (Å²) in [7, 11) is 0. The van der Waals surface area contributed by atoms with Gasteiger partial charge in [0.15, 0.2) is 0 Å². The monoisotopic (exact) mass is 438 g/mol. The van der Waals surface area contributed by atoms with Gasteiger partial charge >= 0.3 is 0 Å². The molecule has 2 aliphatic rings. The first kappa shape index (κ1) is 21.8. The van der Waals surface area contributed by atoms with Crippen molar-refractivity contribution in [2.45, 2.75) is 64.8 Å². The number of benzene rings is 3. The van der Waals surface area contributed by atoms with Gasteiger partial charge in [-0.1, -0.05) is 63.2 Å². The van der Waals surface area contributed by atoms with Gasteiger partial charge in [0.1, 0.15) is 0 Å². The maximum Gasteiger partial charge on any atom is 0.260 e. The second kappa shape index (κ2) is 8.70. The lowest BCUT2D eigenvalue weighted by molar-refractivity contribution is 0.0985. The summed E-state index contributed by atoms with van der Waals surface area (Å²) < 4.78 is 0. The molecule has 0 saturated heterocycles. The van der Waals surface area contributed by atoms with E-state index in [9.17, 15) is 4.79 Å². The standard InChI is InChI=1S/C30H34N2O/c1-30(2,3)25-15-12-21(13-16-25)20-32(26-17-14-22-7-4-9-24(22)19-26)29(33)27-11-5-8-23-10-6-18-31-28(23)27/h5,8,11-17,19,31H,4,6-7,9-10,18,20H2,1-3H3. The Morgan fingerprint density at radius 2 is 1.64 bits per heavy atom. The molecule has 0 aromatic heterocycles. The van der Waals surface area contributed by atoms with E-state index < -0.39 is 0 Å². The van der Waals surface area contributed by atoms with Crippen molar-refractivity contribution in [3.63, 3.8) is 0 Å². The Balaban J connectivity index is 1.53. The Morgan fingerprint density at radius 3 is 2.42 bits per heavy atom. The molecule has 0 bridgehead atoms. The van der Waals surface area contributed by atoms with Crippen molar-refractivity contribution in [1.82, 2.24) is 0 Å². The van der Waals surface area contributed by atoms with Crippen LogP contribution in [0.2, 0.25) is 0 Å². The highest BCUT2D eigenvalue weighted by atomic mass is 16.2. The minimum absolute atomic E-state index is 0.0686. The van der Waals surface area contributed by atoms with Gasteiger partial charge in [-0.3, -0.25) is 4.79 Å². The largest absolute Gasteiger partial charge is 0.384 e. The molecule has 33 heavy (non-hydrogen) atoms. The van der Waals surface area contributed by atoms with Crippen LogP contribution >= 0.6 is 0 Å². The number of hydrogen-bond donors (Lipinski definition) is 1. The molecule has 3 nitrogen and oxygen atoms in total. The summed E-state index contributed by atoms with van der Waals surface area (Å²) >= 11 is 0. The average Bonchev–Trinajstić information content (AvgIpc) is 3.29. The third kappa shape index (κ3) is 4.42. The molecule has 3 aromatic rings. The Morgan fingerprint density at radius 1 is 0.879 bits per heavy atom. The highest BCUT2D eigenvalue weighted by Crippen LogP contribution is 2.32. The molecule has 0 saturated carbocycles. The maximum atomic E-state index is 14.0. The Hall–Kier alpha value is -3.07. The number of nitrogens with one attached hydrogen (secondary N) is 1. The van der Waals surface area contributed by atoms with E-state index in [2.05, 4.69) is 74.6 Å². The normalized spacial score (nSPS) is 14.9. The molecule has 1 aliphatic carbocycles. The zero-order valence-corrected chi connectivity index (χ0v) is 20.1. The smallest absolute Gasteiger partial charge is 0.260 e. The second-order valence-electron chi connectivity index (χ2n) is 10.5. The number of amides is 1. The Kier molecular flexibility index (Phi) is 5.74. The molecule has 170 valence electrons. The van der Waals surface area contributed by atoms with E-state index in [1.807, 2.05) is 17.0 Å². The van der Waals surface area contributed by atoms with E-state index in [1.54, 1.807) is 0 Å². The van der Waals surface area contributed by atoms with Crippen LogP contribution in [0.15, 0.2) is 60.7 Å². The lowest BCUT2D eigenvalue weighted by atomic mass is 9.86. The maximum absolute atomic E-state index is 14.0. The van der Waals surface area contributed by atoms with Crippen LogP contribution in [-0.4, -0.2) is 12.5 Å². The molecule has 3 aromatic carbocycles. The fourth-order valence-electron chi connectivity index (χ4n) is 5.13. The number of fused-ring (bicyclic) bond motifs is 2. The summed E-state index contributed by atoms with van der Waals surface area (Å²) in [6.07, 6.45) is 5.59. The van der Waals surface area contributed by atoms with Crippen molar-refractivity contribution in [2.75, 3.05) is 16.8 Å². The first-order valence-corrected chi connectivity index (χ1v) is 12.3. The predicted octanol–water partition coefficient (Wildman–Crippen LogP) is 6.68. The lowest BCUT2D eigenvalue weighted by Gasteiger charge is -2.27. The van der Waals surface area contributed by atoms with Gasteiger partial charge in [-0.15, -0.1) is 0 Å². The van der Waals surface area contributed by atoms with Crippen LogP contribution in [0.5, 0.6) is 0 Å². The molecule has 3 heteroatoms. The minimum Gasteiger partial charge on any atom is -0.384 e. The van der Waals surface area contributed by atoms with Crippen LogP contribution in [0.3, 0.4) is 0 Å². The lowest BCUT2D eigenvalue weighted by Crippen LogP contribution is -2.32. The summed E-state index contributed by atoms with van der Waals surface area (Å²) in [5.41, 5.74) is 9.42. The first-order valence-electron chi connectivity index (χ1n) is 12.3. The molecule has 0 radical (unpaired) electrons. The van der Waals surface area contributed by atoms with E-state index in [4.69, 9.17) is 0 Å². The van der Waals surface area contributed by atoms with Gasteiger partial charge in [0.25, 0.3) is 5.91 Å². The molecule has 0 unspecified atom stereocenters. The zero-order chi connectivity index (χ0) is 23.0. The van der Waals surface area contributed by atoms with Gasteiger partial charge in [0, 0.05) is 12.2 Å². The highest BCUT2D eigenvalue weighted by Gasteiger charge is 2.25. The summed E-state index contributed by atoms with van der Waals surface area (Å²) in [6, 6.07) is 21.5. The molecule has 0 fully saturated rings.